The molecule has 1 aromatic heterocycles. The van der Waals surface area contributed by atoms with E-state index in [1.54, 1.807) is 0 Å². The molecule has 0 saturated carbocycles. The Labute approximate surface area is 120 Å². The second-order valence-corrected chi connectivity index (χ2v) is 5.48. The molecule has 96 valence electrons. The van der Waals surface area contributed by atoms with Crippen molar-refractivity contribution >= 4 is 38.6 Å². The molecule has 3 rings (SSSR count). The summed E-state index contributed by atoms with van der Waals surface area (Å²) in [6, 6.07) is 14.3. The minimum atomic E-state index is 0.849. The van der Waals surface area contributed by atoms with Crippen LogP contribution in [-0.2, 0) is 0 Å². The molecule has 0 fully saturated rings. The van der Waals surface area contributed by atoms with Crippen LogP contribution in [0.25, 0.3) is 11.0 Å². The van der Waals surface area contributed by atoms with Crippen LogP contribution in [0, 0.1) is 6.92 Å². The second-order valence-electron chi connectivity index (χ2n) is 4.57. The monoisotopic (exact) mass is 315 g/mol. The number of para-hydroxylation sites is 2. The summed E-state index contributed by atoms with van der Waals surface area (Å²) in [5, 5.41) is 0. The zero-order chi connectivity index (χ0) is 13.4. The van der Waals surface area contributed by atoms with Crippen LogP contribution in [0.15, 0.2) is 46.9 Å². The molecule has 0 atom stereocenters. The maximum absolute atomic E-state index is 4.61. The van der Waals surface area contributed by atoms with Gasteiger partial charge in [-0.15, -0.1) is 0 Å². The van der Waals surface area contributed by atoms with Gasteiger partial charge in [0.05, 0.1) is 11.0 Å². The fourth-order valence-corrected chi connectivity index (χ4v) is 2.51. The summed E-state index contributed by atoms with van der Waals surface area (Å²) in [5.74, 6) is 0.849. The lowest BCUT2D eigenvalue weighted by atomic mass is 10.2. The molecule has 0 saturated heterocycles. The zero-order valence-electron chi connectivity index (χ0n) is 10.8. The molecular weight excluding hydrogens is 302 g/mol. The number of benzene rings is 2. The quantitative estimate of drug-likeness (QED) is 0.760. The number of imidazole rings is 1. The molecule has 0 aliphatic carbocycles. The van der Waals surface area contributed by atoms with Gasteiger partial charge in [0, 0.05) is 17.2 Å². The molecule has 2 aromatic carbocycles. The molecular formula is C15H14BrN3. The average molecular weight is 316 g/mol. The summed E-state index contributed by atoms with van der Waals surface area (Å²) in [4.78, 5) is 10.0. The third-order valence-electron chi connectivity index (χ3n) is 3.23. The highest BCUT2D eigenvalue weighted by atomic mass is 79.9. The van der Waals surface area contributed by atoms with Crippen LogP contribution in [0.1, 0.15) is 5.56 Å². The van der Waals surface area contributed by atoms with Gasteiger partial charge in [-0.2, -0.15) is 0 Å². The van der Waals surface area contributed by atoms with Gasteiger partial charge in [-0.05, 0) is 36.8 Å². The van der Waals surface area contributed by atoms with E-state index in [1.807, 2.05) is 37.4 Å². The van der Waals surface area contributed by atoms with E-state index in [0.717, 1.165) is 27.1 Å². The number of hydrogen-bond acceptors (Lipinski definition) is 2. The number of nitrogens with one attached hydrogen (secondary N) is 1. The van der Waals surface area contributed by atoms with Gasteiger partial charge in [0.2, 0.25) is 5.95 Å². The Kier molecular flexibility index (Phi) is 3.03. The number of hydrogen-bond donors (Lipinski definition) is 1. The van der Waals surface area contributed by atoms with E-state index in [1.165, 1.54) is 5.56 Å². The van der Waals surface area contributed by atoms with E-state index < -0.39 is 0 Å². The number of halogens is 1. The van der Waals surface area contributed by atoms with E-state index in [9.17, 15) is 0 Å². The van der Waals surface area contributed by atoms with E-state index in [4.69, 9.17) is 0 Å². The number of rotatable bonds is 2. The zero-order valence-corrected chi connectivity index (χ0v) is 12.4. The highest BCUT2D eigenvalue weighted by Gasteiger charge is 2.11. The Morgan fingerprint density at radius 3 is 2.74 bits per heavy atom. The van der Waals surface area contributed by atoms with Crippen LogP contribution in [0.3, 0.4) is 0 Å². The highest BCUT2D eigenvalue weighted by Crippen LogP contribution is 2.28. The van der Waals surface area contributed by atoms with Gasteiger partial charge in [-0.25, -0.2) is 4.98 Å². The molecule has 19 heavy (non-hydrogen) atoms. The fraction of sp³-hybridized carbons (Fsp3) is 0.133. The van der Waals surface area contributed by atoms with Crippen molar-refractivity contribution in [1.29, 1.82) is 0 Å². The van der Waals surface area contributed by atoms with Crippen molar-refractivity contribution in [1.82, 2.24) is 9.97 Å². The molecule has 4 heteroatoms. The molecule has 0 aliphatic heterocycles. The van der Waals surface area contributed by atoms with E-state index in [0.29, 0.717) is 0 Å². The third kappa shape index (κ3) is 2.24. The first-order chi connectivity index (χ1) is 9.15. The maximum atomic E-state index is 4.61. The summed E-state index contributed by atoms with van der Waals surface area (Å²) in [6.07, 6.45) is 0. The first-order valence-electron chi connectivity index (χ1n) is 6.10. The highest BCUT2D eigenvalue weighted by molar-refractivity contribution is 9.10. The average Bonchev–Trinajstić information content (AvgIpc) is 2.84. The number of H-pyrrole nitrogens is 1. The Bertz CT molecular complexity index is 700. The number of anilines is 2. The van der Waals surface area contributed by atoms with Gasteiger partial charge in [0.1, 0.15) is 0 Å². The molecule has 0 radical (unpaired) electrons. The Balaban J connectivity index is 2.07. The standard InChI is InChI=1S/C15H14BrN3/c1-10-7-8-11(16)9-14(10)19(2)15-17-12-5-3-4-6-13(12)18-15/h3-9H,1-2H3,(H,17,18). The van der Waals surface area contributed by atoms with Gasteiger partial charge in [0.15, 0.2) is 0 Å². The summed E-state index contributed by atoms with van der Waals surface area (Å²) >= 11 is 3.51. The van der Waals surface area contributed by atoms with E-state index in [-0.39, 0.29) is 0 Å². The van der Waals surface area contributed by atoms with Crippen molar-refractivity contribution in [2.45, 2.75) is 6.92 Å². The second kappa shape index (κ2) is 4.70. The number of fused-ring (bicyclic) bond motifs is 1. The summed E-state index contributed by atoms with van der Waals surface area (Å²) in [7, 11) is 2.02. The Morgan fingerprint density at radius 1 is 1.16 bits per heavy atom. The number of nitrogens with zero attached hydrogens (tertiary/aromatic N) is 2. The van der Waals surface area contributed by atoms with Crippen molar-refractivity contribution < 1.29 is 0 Å². The minimum absolute atomic E-state index is 0.849. The maximum Gasteiger partial charge on any atom is 0.208 e. The topological polar surface area (TPSA) is 31.9 Å². The molecule has 0 spiro atoms. The third-order valence-corrected chi connectivity index (χ3v) is 3.72. The Hall–Kier alpha value is -1.81. The van der Waals surface area contributed by atoms with Crippen LogP contribution in [0.2, 0.25) is 0 Å². The van der Waals surface area contributed by atoms with E-state index >= 15 is 0 Å². The lowest BCUT2D eigenvalue weighted by Crippen LogP contribution is -2.12. The van der Waals surface area contributed by atoms with Crippen molar-refractivity contribution in [3.05, 3.63) is 52.5 Å². The first kappa shape index (κ1) is 12.2. The largest absolute Gasteiger partial charge is 0.324 e. The number of aromatic amines is 1. The molecule has 1 heterocycles. The summed E-state index contributed by atoms with van der Waals surface area (Å²) in [6.45, 7) is 2.10. The van der Waals surface area contributed by atoms with Crippen molar-refractivity contribution in [2.75, 3.05) is 11.9 Å². The summed E-state index contributed by atoms with van der Waals surface area (Å²) in [5.41, 5.74) is 4.38. The van der Waals surface area contributed by atoms with Crippen LogP contribution in [0.5, 0.6) is 0 Å². The smallest absolute Gasteiger partial charge is 0.208 e. The molecule has 0 bridgehead atoms. The van der Waals surface area contributed by atoms with Gasteiger partial charge in [-0.1, -0.05) is 34.1 Å². The molecule has 1 N–H and O–H groups in total. The molecule has 0 aliphatic rings. The van der Waals surface area contributed by atoms with E-state index in [2.05, 4.69) is 49.9 Å². The van der Waals surface area contributed by atoms with Gasteiger partial charge in [-0.3, -0.25) is 0 Å². The molecule has 3 aromatic rings. The number of aromatic nitrogens is 2. The predicted molar refractivity (Wildman–Crippen MR) is 83.0 cm³/mol. The van der Waals surface area contributed by atoms with Crippen molar-refractivity contribution in [3.8, 4) is 0 Å². The minimum Gasteiger partial charge on any atom is -0.324 e. The van der Waals surface area contributed by atoms with Crippen LogP contribution < -0.4 is 4.90 Å². The molecule has 3 nitrogen and oxygen atoms in total. The molecule has 0 unspecified atom stereocenters. The SMILES string of the molecule is Cc1ccc(Br)cc1N(C)c1nc2ccccc2[nH]1. The molecule has 0 amide bonds. The summed E-state index contributed by atoms with van der Waals surface area (Å²) < 4.78 is 1.07. The van der Waals surface area contributed by atoms with Gasteiger partial charge >= 0.3 is 0 Å². The number of aryl methyl sites for hydroxylation is 1. The lowest BCUT2D eigenvalue weighted by molar-refractivity contribution is 1.09. The predicted octanol–water partition coefficient (Wildman–Crippen LogP) is 4.40. The van der Waals surface area contributed by atoms with Crippen molar-refractivity contribution in [3.63, 3.8) is 0 Å². The normalized spacial score (nSPS) is 10.9. The van der Waals surface area contributed by atoms with Crippen LogP contribution in [0.4, 0.5) is 11.6 Å². The van der Waals surface area contributed by atoms with Crippen LogP contribution in [-0.4, -0.2) is 17.0 Å². The van der Waals surface area contributed by atoms with Gasteiger partial charge in [0.25, 0.3) is 0 Å². The van der Waals surface area contributed by atoms with Crippen molar-refractivity contribution in [2.24, 2.45) is 0 Å². The first-order valence-corrected chi connectivity index (χ1v) is 6.89. The van der Waals surface area contributed by atoms with Crippen LogP contribution >= 0.6 is 15.9 Å². The lowest BCUT2D eigenvalue weighted by Gasteiger charge is -2.18. The van der Waals surface area contributed by atoms with Gasteiger partial charge < -0.3 is 9.88 Å². The fourth-order valence-electron chi connectivity index (χ4n) is 2.16. The Morgan fingerprint density at radius 2 is 1.95 bits per heavy atom.